The third-order valence-electron chi connectivity index (χ3n) is 1.69. The van der Waals surface area contributed by atoms with Crippen molar-refractivity contribution >= 4 is 21.6 Å². The Morgan fingerprint density at radius 1 is 1.19 bits per heavy atom. The molecule has 6 heteroatoms. The zero-order chi connectivity index (χ0) is 12.3. The van der Waals surface area contributed by atoms with Gasteiger partial charge in [-0.05, 0) is 12.1 Å². The van der Waals surface area contributed by atoms with Gasteiger partial charge in [0.05, 0.1) is 11.1 Å². The summed E-state index contributed by atoms with van der Waals surface area (Å²) < 4.78 is 14.8. The van der Waals surface area contributed by atoms with Gasteiger partial charge >= 0.3 is 5.97 Å². The fourth-order valence-corrected chi connectivity index (χ4v) is 1.60. The fourth-order valence-electron chi connectivity index (χ4n) is 1.10. The Bertz CT molecular complexity index is 548. The number of carbonyl (C=O) groups excluding carboxylic acids is 1. The first kappa shape index (κ1) is 12.4. The van der Waals surface area contributed by atoms with Gasteiger partial charge in [0, 0.05) is 22.2 Å². The molecule has 0 aliphatic heterocycles. The Morgan fingerprint density at radius 2 is 1.69 bits per heavy atom. The molecule has 0 atom stereocenters. The van der Waals surface area contributed by atoms with E-state index in [4.69, 9.17) is 5.11 Å². The maximum atomic E-state index is 11.6. The first-order valence-electron chi connectivity index (χ1n) is 4.35. The molecular formula is C10H11NO4S. The van der Waals surface area contributed by atoms with Crippen LogP contribution in [-0.2, 0) is 9.73 Å². The van der Waals surface area contributed by atoms with Crippen LogP contribution in [0.1, 0.15) is 20.7 Å². The zero-order valence-electron chi connectivity index (χ0n) is 8.84. The summed E-state index contributed by atoms with van der Waals surface area (Å²) in [4.78, 5) is 22.4. The van der Waals surface area contributed by atoms with Crippen molar-refractivity contribution in [3.05, 3.63) is 35.4 Å². The molecular weight excluding hydrogens is 230 g/mol. The predicted octanol–water partition coefficient (Wildman–Crippen LogP) is 1.25. The van der Waals surface area contributed by atoms with Crippen LogP contribution in [0.15, 0.2) is 28.6 Å². The lowest BCUT2D eigenvalue weighted by molar-refractivity contribution is 0.0692. The van der Waals surface area contributed by atoms with Gasteiger partial charge in [0.1, 0.15) is 0 Å². The number of carboxylic acid groups (broad SMARTS) is 1. The van der Waals surface area contributed by atoms with Gasteiger partial charge in [0.25, 0.3) is 5.91 Å². The van der Waals surface area contributed by atoms with Gasteiger partial charge in [-0.25, -0.2) is 9.00 Å². The van der Waals surface area contributed by atoms with Gasteiger partial charge < -0.3 is 5.11 Å². The van der Waals surface area contributed by atoms with Gasteiger partial charge in [-0.3, -0.25) is 4.79 Å². The number of aromatic carboxylic acids is 1. The van der Waals surface area contributed by atoms with Crippen LogP contribution in [-0.4, -0.2) is 33.7 Å². The van der Waals surface area contributed by atoms with E-state index >= 15 is 0 Å². The van der Waals surface area contributed by atoms with E-state index in [1.807, 2.05) is 0 Å². The van der Waals surface area contributed by atoms with E-state index < -0.39 is 21.6 Å². The first-order chi connectivity index (χ1) is 7.31. The molecule has 5 nitrogen and oxygen atoms in total. The highest BCUT2D eigenvalue weighted by molar-refractivity contribution is 7.92. The number of hydrogen-bond donors (Lipinski definition) is 1. The highest BCUT2D eigenvalue weighted by Gasteiger charge is 2.15. The summed E-state index contributed by atoms with van der Waals surface area (Å²) >= 11 is 0. The number of hydrogen-bond acceptors (Lipinski definition) is 3. The second kappa shape index (κ2) is 4.44. The Hall–Kier alpha value is -1.69. The Morgan fingerprint density at radius 3 is 2.12 bits per heavy atom. The summed E-state index contributed by atoms with van der Waals surface area (Å²) in [6.07, 6.45) is 2.63. The van der Waals surface area contributed by atoms with Crippen molar-refractivity contribution in [3.63, 3.8) is 0 Å². The molecule has 1 amide bonds. The lowest BCUT2D eigenvalue weighted by Gasteiger charge is -2.01. The average Bonchev–Trinajstić information content (AvgIpc) is 2.15. The third kappa shape index (κ3) is 3.16. The third-order valence-corrected chi connectivity index (χ3v) is 2.30. The number of rotatable bonds is 2. The normalized spacial score (nSPS) is 10.9. The first-order valence-corrected chi connectivity index (χ1v) is 6.68. The van der Waals surface area contributed by atoms with Gasteiger partial charge in [0.15, 0.2) is 0 Å². The molecule has 0 saturated carbocycles. The monoisotopic (exact) mass is 241 g/mol. The Labute approximate surface area is 93.3 Å². The highest BCUT2D eigenvalue weighted by atomic mass is 32.2. The van der Waals surface area contributed by atoms with Crippen LogP contribution < -0.4 is 0 Å². The lowest BCUT2D eigenvalue weighted by Crippen LogP contribution is -2.08. The van der Waals surface area contributed by atoms with Crippen LogP contribution in [0.5, 0.6) is 0 Å². The standard InChI is InChI=1S/C10H11NO4S/c1-16(2,15)11-9(12)7-5-3-4-6-8(7)10(13)14/h3-6H,1-2H3,(H,13,14). The molecule has 0 heterocycles. The van der Waals surface area contributed by atoms with Gasteiger partial charge in [-0.1, -0.05) is 12.1 Å². The number of benzene rings is 1. The van der Waals surface area contributed by atoms with Crippen LogP contribution in [0, 0.1) is 0 Å². The van der Waals surface area contributed by atoms with Crippen LogP contribution in [0.4, 0.5) is 0 Å². The molecule has 0 spiro atoms. The molecule has 0 saturated heterocycles. The van der Waals surface area contributed by atoms with E-state index in [1.54, 1.807) is 0 Å². The minimum Gasteiger partial charge on any atom is -0.478 e. The van der Waals surface area contributed by atoms with E-state index in [-0.39, 0.29) is 11.1 Å². The summed E-state index contributed by atoms with van der Waals surface area (Å²) in [6.45, 7) is 0. The van der Waals surface area contributed by atoms with Crippen molar-refractivity contribution in [2.45, 2.75) is 0 Å². The van der Waals surface area contributed by atoms with Crippen molar-refractivity contribution in [1.82, 2.24) is 0 Å². The molecule has 16 heavy (non-hydrogen) atoms. The number of carbonyl (C=O) groups is 2. The molecule has 1 rings (SSSR count). The Balaban J connectivity index is 3.30. The zero-order valence-corrected chi connectivity index (χ0v) is 9.65. The molecule has 1 N–H and O–H groups in total. The minimum atomic E-state index is -2.58. The molecule has 1 aromatic rings. The maximum Gasteiger partial charge on any atom is 0.336 e. The van der Waals surface area contributed by atoms with E-state index in [0.29, 0.717) is 0 Å². The lowest BCUT2D eigenvalue weighted by atomic mass is 10.1. The summed E-state index contributed by atoms with van der Waals surface area (Å²) in [5, 5.41) is 8.85. The minimum absolute atomic E-state index is 0.0496. The van der Waals surface area contributed by atoms with E-state index in [1.165, 1.54) is 36.8 Å². The largest absolute Gasteiger partial charge is 0.478 e. The van der Waals surface area contributed by atoms with Crippen molar-refractivity contribution in [2.75, 3.05) is 12.5 Å². The summed E-state index contributed by atoms with van der Waals surface area (Å²) in [7, 11) is -2.58. The highest BCUT2D eigenvalue weighted by Crippen LogP contribution is 2.10. The second-order valence-corrected chi connectivity index (χ2v) is 5.97. The maximum absolute atomic E-state index is 11.6. The number of amides is 1. The smallest absolute Gasteiger partial charge is 0.336 e. The second-order valence-electron chi connectivity index (χ2n) is 3.43. The van der Waals surface area contributed by atoms with Crippen LogP contribution in [0.2, 0.25) is 0 Å². The summed E-state index contributed by atoms with van der Waals surface area (Å²) in [5.41, 5.74) is -0.189. The number of nitrogens with zero attached hydrogens (tertiary/aromatic N) is 1. The van der Waals surface area contributed by atoms with Gasteiger partial charge in [-0.2, -0.15) is 4.36 Å². The fraction of sp³-hybridized carbons (Fsp3) is 0.200. The van der Waals surface area contributed by atoms with Crippen molar-refractivity contribution in [1.29, 1.82) is 0 Å². The molecule has 0 aliphatic carbocycles. The number of carboxylic acids is 1. The predicted molar refractivity (Wildman–Crippen MR) is 60.2 cm³/mol. The van der Waals surface area contributed by atoms with Crippen LogP contribution >= 0.6 is 0 Å². The SMILES string of the molecule is CS(C)(=O)=NC(=O)c1ccccc1C(=O)O. The summed E-state index contributed by atoms with van der Waals surface area (Å²) in [5.74, 6) is -1.98. The molecule has 0 bridgehead atoms. The van der Waals surface area contributed by atoms with Crippen LogP contribution in [0.3, 0.4) is 0 Å². The average molecular weight is 241 g/mol. The van der Waals surface area contributed by atoms with Gasteiger partial charge in [-0.15, -0.1) is 0 Å². The molecule has 0 fully saturated rings. The molecule has 0 aromatic heterocycles. The molecule has 0 unspecified atom stereocenters. The Kier molecular flexibility index (Phi) is 3.44. The van der Waals surface area contributed by atoms with Gasteiger partial charge in [0.2, 0.25) is 0 Å². The topological polar surface area (TPSA) is 83.8 Å². The molecule has 0 radical (unpaired) electrons. The molecule has 86 valence electrons. The van der Waals surface area contributed by atoms with E-state index in [0.717, 1.165) is 0 Å². The van der Waals surface area contributed by atoms with Crippen molar-refractivity contribution in [3.8, 4) is 0 Å². The van der Waals surface area contributed by atoms with E-state index in [9.17, 15) is 13.8 Å². The van der Waals surface area contributed by atoms with Crippen molar-refractivity contribution in [2.24, 2.45) is 4.36 Å². The molecule has 1 aromatic carbocycles. The van der Waals surface area contributed by atoms with Crippen molar-refractivity contribution < 1.29 is 18.9 Å². The van der Waals surface area contributed by atoms with Crippen LogP contribution in [0.25, 0.3) is 0 Å². The summed E-state index contributed by atoms with van der Waals surface area (Å²) in [6, 6.07) is 5.69. The quantitative estimate of drug-likeness (QED) is 0.844. The van der Waals surface area contributed by atoms with E-state index in [2.05, 4.69) is 4.36 Å². The molecule has 0 aliphatic rings.